The maximum absolute atomic E-state index is 13.3. The molecule has 1 unspecified atom stereocenters. The van der Waals surface area contributed by atoms with E-state index in [0.717, 1.165) is 0 Å². The smallest absolute Gasteiger partial charge is 0.166 e. The lowest BCUT2D eigenvalue weighted by molar-refractivity contribution is 0.432. The number of benzene rings is 1. The van der Waals surface area contributed by atoms with Crippen molar-refractivity contribution in [2.75, 3.05) is 5.32 Å². The summed E-state index contributed by atoms with van der Waals surface area (Å²) < 4.78 is 13.3. The fourth-order valence-corrected chi connectivity index (χ4v) is 3.90. The molecule has 0 amide bonds. The molecule has 1 aromatic heterocycles. The van der Waals surface area contributed by atoms with Gasteiger partial charge in [0.2, 0.25) is 0 Å². The molecule has 2 aromatic rings. The van der Waals surface area contributed by atoms with E-state index in [1.165, 1.54) is 53.1 Å². The number of phenolic OH excluding ortho intramolecular Hbond substituents is 1. The lowest BCUT2D eigenvalue weighted by atomic mass is 9.99. The number of hydrogen-bond acceptors (Lipinski definition) is 3. The molecule has 1 aliphatic rings. The maximum atomic E-state index is 13.3. The fourth-order valence-electron chi connectivity index (χ4n) is 2.64. The van der Waals surface area contributed by atoms with Gasteiger partial charge in [-0.25, -0.2) is 4.39 Å². The molecule has 2 N–H and O–H groups in total. The van der Waals surface area contributed by atoms with Crippen LogP contribution in [0.2, 0.25) is 0 Å². The number of phenols is 1. The molecule has 4 heteroatoms. The Morgan fingerprint density at radius 1 is 1.25 bits per heavy atom. The summed E-state index contributed by atoms with van der Waals surface area (Å²) in [7, 11) is 0. The largest absolute Gasteiger partial charge is 0.505 e. The predicted molar refractivity (Wildman–Crippen MR) is 81.1 cm³/mol. The van der Waals surface area contributed by atoms with Crippen molar-refractivity contribution in [1.29, 1.82) is 0 Å². The van der Waals surface area contributed by atoms with Crippen LogP contribution in [0.4, 0.5) is 10.1 Å². The highest BCUT2D eigenvalue weighted by atomic mass is 32.1. The fraction of sp³-hybridized carbons (Fsp3) is 0.375. The van der Waals surface area contributed by atoms with Crippen molar-refractivity contribution in [2.45, 2.75) is 38.6 Å². The summed E-state index contributed by atoms with van der Waals surface area (Å²) in [5, 5.41) is 12.5. The van der Waals surface area contributed by atoms with E-state index in [-0.39, 0.29) is 11.8 Å². The second kappa shape index (κ2) is 5.44. The van der Waals surface area contributed by atoms with Gasteiger partial charge in [0, 0.05) is 21.5 Å². The third-order valence-corrected chi connectivity index (χ3v) is 5.19. The number of aryl methyl sites for hydroxylation is 2. The van der Waals surface area contributed by atoms with Gasteiger partial charge in [-0.15, -0.1) is 11.3 Å². The summed E-state index contributed by atoms with van der Waals surface area (Å²) in [6.07, 6.45) is 4.96. The number of halogens is 1. The van der Waals surface area contributed by atoms with Crippen LogP contribution in [0.25, 0.3) is 0 Å². The van der Waals surface area contributed by atoms with E-state index in [1.807, 2.05) is 11.3 Å². The molecule has 1 aromatic carbocycles. The van der Waals surface area contributed by atoms with E-state index in [9.17, 15) is 9.50 Å². The quantitative estimate of drug-likeness (QED) is 0.807. The van der Waals surface area contributed by atoms with Crippen molar-refractivity contribution in [3.8, 4) is 5.75 Å². The van der Waals surface area contributed by atoms with Crippen LogP contribution in [0.15, 0.2) is 24.3 Å². The van der Waals surface area contributed by atoms with Crippen LogP contribution in [-0.2, 0) is 12.8 Å². The van der Waals surface area contributed by atoms with Gasteiger partial charge in [-0.1, -0.05) is 0 Å². The van der Waals surface area contributed by atoms with E-state index in [4.69, 9.17) is 0 Å². The van der Waals surface area contributed by atoms with E-state index >= 15 is 0 Å². The van der Waals surface area contributed by atoms with E-state index in [2.05, 4.69) is 18.3 Å². The van der Waals surface area contributed by atoms with Gasteiger partial charge in [0.25, 0.3) is 0 Å². The molecule has 0 spiro atoms. The molecular weight excluding hydrogens is 273 g/mol. The molecule has 106 valence electrons. The van der Waals surface area contributed by atoms with Gasteiger partial charge in [-0.2, -0.15) is 0 Å². The van der Waals surface area contributed by atoms with Crippen molar-refractivity contribution in [3.05, 3.63) is 45.4 Å². The third-order valence-electron chi connectivity index (χ3n) is 3.77. The molecule has 0 fully saturated rings. The summed E-state index contributed by atoms with van der Waals surface area (Å²) in [4.78, 5) is 2.81. The lowest BCUT2D eigenvalue weighted by Crippen LogP contribution is -2.04. The van der Waals surface area contributed by atoms with E-state index < -0.39 is 5.82 Å². The molecule has 3 rings (SSSR count). The summed E-state index contributed by atoms with van der Waals surface area (Å²) in [5.41, 5.74) is 2.18. The van der Waals surface area contributed by atoms with Crippen LogP contribution in [0, 0.1) is 5.82 Å². The number of thiophene rings is 1. The molecule has 0 saturated heterocycles. The molecule has 1 heterocycles. The Morgan fingerprint density at radius 2 is 2.05 bits per heavy atom. The molecular formula is C16H18FNOS. The number of aromatic hydroxyl groups is 1. The average molecular weight is 291 g/mol. The summed E-state index contributed by atoms with van der Waals surface area (Å²) in [6.45, 7) is 2.09. The van der Waals surface area contributed by atoms with Gasteiger partial charge < -0.3 is 10.4 Å². The van der Waals surface area contributed by atoms with E-state index in [0.29, 0.717) is 5.69 Å². The van der Waals surface area contributed by atoms with Crippen LogP contribution in [0.3, 0.4) is 0 Å². The number of nitrogens with one attached hydrogen (secondary N) is 1. The highest BCUT2D eigenvalue weighted by molar-refractivity contribution is 7.12. The Hall–Kier alpha value is -1.55. The zero-order valence-electron chi connectivity index (χ0n) is 11.4. The number of rotatable bonds is 3. The third kappa shape index (κ3) is 2.66. The SMILES string of the molecule is CC(Nc1ccc(O)c(F)c1)c1cc2c(s1)CCCC2. The van der Waals surface area contributed by atoms with Crippen LogP contribution in [0.5, 0.6) is 5.75 Å². The van der Waals surface area contributed by atoms with Gasteiger partial charge in [0.05, 0.1) is 6.04 Å². The second-order valence-electron chi connectivity index (χ2n) is 5.34. The summed E-state index contributed by atoms with van der Waals surface area (Å²) >= 11 is 1.86. The van der Waals surface area contributed by atoms with Gasteiger partial charge >= 0.3 is 0 Å². The minimum atomic E-state index is -0.590. The van der Waals surface area contributed by atoms with Gasteiger partial charge in [-0.3, -0.25) is 0 Å². The molecule has 1 aliphatic carbocycles. The summed E-state index contributed by atoms with van der Waals surface area (Å²) in [5.74, 6) is -0.900. The number of fused-ring (bicyclic) bond motifs is 1. The monoisotopic (exact) mass is 291 g/mol. The van der Waals surface area contributed by atoms with Crippen molar-refractivity contribution < 1.29 is 9.50 Å². The Kier molecular flexibility index (Phi) is 3.66. The standard InChI is InChI=1S/C16H18FNOS/c1-10(18-12-6-7-14(19)13(17)9-12)16-8-11-4-2-3-5-15(11)20-16/h6-10,18-19H,2-5H2,1H3. The average Bonchev–Trinajstić information content (AvgIpc) is 2.87. The Morgan fingerprint density at radius 3 is 2.80 bits per heavy atom. The predicted octanol–water partition coefficient (Wildman–Crippen LogP) is 4.64. The van der Waals surface area contributed by atoms with Crippen LogP contribution < -0.4 is 5.32 Å². The van der Waals surface area contributed by atoms with Gasteiger partial charge in [0.15, 0.2) is 11.6 Å². The summed E-state index contributed by atoms with van der Waals surface area (Å²) in [6, 6.07) is 6.84. The molecule has 0 radical (unpaired) electrons. The van der Waals surface area contributed by atoms with E-state index in [1.54, 1.807) is 6.07 Å². The zero-order valence-corrected chi connectivity index (χ0v) is 12.3. The van der Waals surface area contributed by atoms with Crippen LogP contribution in [-0.4, -0.2) is 5.11 Å². The maximum Gasteiger partial charge on any atom is 0.166 e. The Bertz CT molecular complexity index is 599. The second-order valence-corrected chi connectivity index (χ2v) is 6.50. The number of hydrogen-bond donors (Lipinski definition) is 2. The zero-order chi connectivity index (χ0) is 14.1. The first kappa shape index (κ1) is 13.4. The first-order valence-corrected chi connectivity index (χ1v) is 7.81. The highest BCUT2D eigenvalue weighted by Gasteiger charge is 2.16. The van der Waals surface area contributed by atoms with Crippen molar-refractivity contribution in [3.63, 3.8) is 0 Å². The lowest BCUT2D eigenvalue weighted by Gasteiger charge is -2.14. The number of anilines is 1. The Balaban J connectivity index is 1.76. The van der Waals surface area contributed by atoms with Crippen LogP contribution in [0.1, 0.15) is 41.1 Å². The first-order chi connectivity index (χ1) is 9.63. The van der Waals surface area contributed by atoms with Crippen molar-refractivity contribution in [1.82, 2.24) is 0 Å². The molecule has 0 bridgehead atoms. The van der Waals surface area contributed by atoms with Gasteiger partial charge in [-0.05, 0) is 56.4 Å². The minimum Gasteiger partial charge on any atom is -0.505 e. The molecule has 0 saturated carbocycles. The topological polar surface area (TPSA) is 32.3 Å². The van der Waals surface area contributed by atoms with Crippen molar-refractivity contribution in [2.24, 2.45) is 0 Å². The molecule has 20 heavy (non-hydrogen) atoms. The molecule has 2 nitrogen and oxygen atoms in total. The van der Waals surface area contributed by atoms with Gasteiger partial charge in [0.1, 0.15) is 0 Å². The van der Waals surface area contributed by atoms with Crippen LogP contribution >= 0.6 is 11.3 Å². The Labute approximate surface area is 122 Å². The normalized spacial score (nSPS) is 15.7. The minimum absolute atomic E-state index is 0.148. The molecule has 0 aliphatic heterocycles. The highest BCUT2D eigenvalue weighted by Crippen LogP contribution is 2.34. The first-order valence-electron chi connectivity index (χ1n) is 7.00. The van der Waals surface area contributed by atoms with Crippen molar-refractivity contribution >= 4 is 17.0 Å². The molecule has 1 atom stereocenters.